The first-order valence-corrected chi connectivity index (χ1v) is 15.9. The summed E-state index contributed by atoms with van der Waals surface area (Å²) >= 11 is 0. The first-order valence-electron chi connectivity index (χ1n) is 15.9. The van der Waals surface area contributed by atoms with E-state index in [9.17, 15) is 0 Å². The fraction of sp³-hybridized carbons (Fsp3) is 0.0222. The molecule has 0 bridgehead atoms. The molecule has 0 N–H and O–H groups in total. The zero-order chi connectivity index (χ0) is 30.6. The molecular weight excluding hydrogens is 555 g/mol. The highest BCUT2D eigenvalue weighted by Crippen LogP contribution is 2.44. The lowest BCUT2D eigenvalue weighted by Gasteiger charge is -2.18. The Hall–Kier alpha value is -5.92. The molecule has 0 aliphatic carbocycles. The second kappa shape index (κ2) is 10.6. The third kappa shape index (κ3) is 4.17. The molecule has 0 spiro atoms. The number of para-hydroxylation sites is 2. The van der Waals surface area contributed by atoms with Gasteiger partial charge in [0.1, 0.15) is 0 Å². The second-order valence-corrected chi connectivity index (χ2v) is 12.2. The molecule has 1 heteroatoms. The van der Waals surface area contributed by atoms with Crippen LogP contribution in [-0.4, -0.2) is 4.57 Å². The van der Waals surface area contributed by atoms with E-state index in [1.54, 1.807) is 0 Å². The van der Waals surface area contributed by atoms with Gasteiger partial charge in [-0.25, -0.2) is 0 Å². The molecule has 9 rings (SSSR count). The molecule has 0 atom stereocenters. The van der Waals surface area contributed by atoms with E-state index in [2.05, 4.69) is 181 Å². The minimum Gasteiger partial charge on any atom is -0.309 e. The van der Waals surface area contributed by atoms with Gasteiger partial charge in [-0.15, -0.1) is 0 Å². The molecule has 1 aromatic heterocycles. The number of aromatic nitrogens is 1. The van der Waals surface area contributed by atoms with Gasteiger partial charge in [0.15, 0.2) is 0 Å². The Morgan fingerprint density at radius 2 is 0.826 bits per heavy atom. The van der Waals surface area contributed by atoms with Crippen molar-refractivity contribution in [1.82, 2.24) is 4.57 Å². The minimum absolute atomic E-state index is 1.18. The van der Waals surface area contributed by atoms with Gasteiger partial charge in [0.2, 0.25) is 0 Å². The molecule has 9 aromatic rings. The van der Waals surface area contributed by atoms with Gasteiger partial charge in [0.05, 0.1) is 11.0 Å². The molecule has 0 radical (unpaired) electrons. The molecule has 1 heterocycles. The summed E-state index contributed by atoms with van der Waals surface area (Å²) in [7, 11) is 0. The largest absolute Gasteiger partial charge is 0.309 e. The number of fused-ring (bicyclic) bond motifs is 5. The van der Waals surface area contributed by atoms with Crippen molar-refractivity contribution in [2.45, 2.75) is 6.92 Å². The monoisotopic (exact) mass is 585 g/mol. The topological polar surface area (TPSA) is 4.93 Å². The van der Waals surface area contributed by atoms with Crippen LogP contribution in [0.4, 0.5) is 0 Å². The Labute approximate surface area is 268 Å². The molecule has 46 heavy (non-hydrogen) atoms. The Morgan fingerprint density at radius 1 is 0.326 bits per heavy atom. The van der Waals surface area contributed by atoms with Gasteiger partial charge in [0, 0.05) is 16.5 Å². The first-order chi connectivity index (χ1) is 22.7. The van der Waals surface area contributed by atoms with Gasteiger partial charge in [-0.3, -0.25) is 0 Å². The number of rotatable bonds is 4. The summed E-state index contributed by atoms with van der Waals surface area (Å²) in [5.74, 6) is 0. The SMILES string of the molecule is Cc1ccc(-c2c3ccccc3c(-c3cccc(-c4ccc5c(c4)c4ccccc4n5-c4ccccc4)c3)c3ccccc23)cc1. The van der Waals surface area contributed by atoms with Crippen LogP contribution >= 0.6 is 0 Å². The standard InChI is InChI=1S/C45H31N/c1-30-22-24-31(25-23-30)44-37-17-5-7-19-39(37)45(40-20-8-6-18-38(40)44)34-13-11-12-32(28-34)33-26-27-43-41(29-33)36-16-9-10-21-42(36)46(43)35-14-3-2-4-15-35/h2-29H,1H3. The lowest BCUT2D eigenvalue weighted by molar-refractivity contribution is 1.18. The lowest BCUT2D eigenvalue weighted by atomic mass is 9.85. The van der Waals surface area contributed by atoms with E-state index in [1.165, 1.54) is 88.0 Å². The van der Waals surface area contributed by atoms with Crippen LogP contribution in [0.2, 0.25) is 0 Å². The lowest BCUT2D eigenvalue weighted by Crippen LogP contribution is -1.93. The summed E-state index contributed by atoms with van der Waals surface area (Å²) in [5.41, 5.74) is 12.4. The van der Waals surface area contributed by atoms with Crippen molar-refractivity contribution in [3.63, 3.8) is 0 Å². The minimum atomic E-state index is 1.18. The van der Waals surface area contributed by atoms with Crippen molar-refractivity contribution in [2.24, 2.45) is 0 Å². The van der Waals surface area contributed by atoms with E-state index in [0.29, 0.717) is 0 Å². The van der Waals surface area contributed by atoms with Crippen LogP contribution in [0.15, 0.2) is 170 Å². The maximum atomic E-state index is 2.37. The van der Waals surface area contributed by atoms with E-state index < -0.39 is 0 Å². The highest BCUT2D eigenvalue weighted by molar-refractivity contribution is 6.21. The summed E-state index contributed by atoms with van der Waals surface area (Å²) in [6, 6.07) is 62.1. The Morgan fingerprint density at radius 3 is 1.50 bits per heavy atom. The summed E-state index contributed by atoms with van der Waals surface area (Å²) in [4.78, 5) is 0. The third-order valence-electron chi connectivity index (χ3n) is 9.44. The van der Waals surface area contributed by atoms with E-state index in [1.807, 2.05) is 0 Å². The summed E-state index contributed by atoms with van der Waals surface area (Å²) < 4.78 is 2.37. The van der Waals surface area contributed by atoms with Crippen molar-refractivity contribution in [3.05, 3.63) is 175 Å². The predicted octanol–water partition coefficient (Wildman–Crippen LogP) is 12.4. The third-order valence-corrected chi connectivity index (χ3v) is 9.44. The molecule has 1 nitrogen and oxygen atoms in total. The van der Waals surface area contributed by atoms with Crippen LogP contribution in [0.25, 0.3) is 82.4 Å². The van der Waals surface area contributed by atoms with Crippen LogP contribution < -0.4 is 0 Å². The zero-order valence-corrected chi connectivity index (χ0v) is 25.6. The first kappa shape index (κ1) is 26.5. The Balaban J connectivity index is 1.26. The predicted molar refractivity (Wildman–Crippen MR) is 197 cm³/mol. The molecule has 0 saturated carbocycles. The van der Waals surface area contributed by atoms with Crippen molar-refractivity contribution >= 4 is 43.4 Å². The number of aryl methyl sites for hydroxylation is 1. The van der Waals surface area contributed by atoms with Gasteiger partial charge in [-0.2, -0.15) is 0 Å². The summed E-state index contributed by atoms with van der Waals surface area (Å²) in [5, 5.41) is 7.63. The van der Waals surface area contributed by atoms with Crippen LogP contribution in [0.3, 0.4) is 0 Å². The van der Waals surface area contributed by atoms with Crippen molar-refractivity contribution < 1.29 is 0 Å². The van der Waals surface area contributed by atoms with E-state index in [0.717, 1.165) is 0 Å². The summed E-state index contributed by atoms with van der Waals surface area (Å²) in [6.45, 7) is 2.15. The van der Waals surface area contributed by atoms with E-state index >= 15 is 0 Å². The molecule has 0 fully saturated rings. The van der Waals surface area contributed by atoms with Gasteiger partial charge < -0.3 is 4.57 Å². The quantitative estimate of drug-likeness (QED) is 0.181. The van der Waals surface area contributed by atoms with Crippen LogP contribution in [0, 0.1) is 6.92 Å². The number of benzene rings is 8. The van der Waals surface area contributed by atoms with E-state index in [4.69, 9.17) is 0 Å². The Kier molecular flexibility index (Phi) is 6.11. The molecule has 0 saturated heterocycles. The Bertz CT molecular complexity index is 2510. The number of hydrogen-bond donors (Lipinski definition) is 0. The van der Waals surface area contributed by atoms with Crippen molar-refractivity contribution in [1.29, 1.82) is 0 Å². The molecule has 8 aromatic carbocycles. The average molecular weight is 586 g/mol. The molecule has 216 valence electrons. The van der Waals surface area contributed by atoms with Crippen LogP contribution in [0.5, 0.6) is 0 Å². The normalized spacial score (nSPS) is 11.6. The van der Waals surface area contributed by atoms with E-state index in [-0.39, 0.29) is 0 Å². The van der Waals surface area contributed by atoms with Gasteiger partial charge in [0.25, 0.3) is 0 Å². The molecule has 0 aliphatic rings. The smallest absolute Gasteiger partial charge is 0.0541 e. The number of nitrogens with zero attached hydrogens (tertiary/aromatic N) is 1. The fourth-order valence-electron chi connectivity index (χ4n) is 7.33. The molecule has 0 amide bonds. The highest BCUT2D eigenvalue weighted by Gasteiger charge is 2.17. The fourth-order valence-corrected chi connectivity index (χ4v) is 7.33. The van der Waals surface area contributed by atoms with Crippen molar-refractivity contribution in [2.75, 3.05) is 0 Å². The molecular formula is C45H31N. The molecule has 0 unspecified atom stereocenters. The maximum Gasteiger partial charge on any atom is 0.0541 e. The summed E-state index contributed by atoms with van der Waals surface area (Å²) in [6.07, 6.45) is 0. The van der Waals surface area contributed by atoms with Gasteiger partial charge in [-0.1, -0.05) is 139 Å². The highest BCUT2D eigenvalue weighted by atomic mass is 15.0. The van der Waals surface area contributed by atoms with Crippen LogP contribution in [-0.2, 0) is 0 Å². The average Bonchev–Trinajstić information content (AvgIpc) is 3.45. The van der Waals surface area contributed by atoms with Gasteiger partial charge >= 0.3 is 0 Å². The zero-order valence-electron chi connectivity index (χ0n) is 25.6. The van der Waals surface area contributed by atoms with Crippen LogP contribution in [0.1, 0.15) is 5.56 Å². The second-order valence-electron chi connectivity index (χ2n) is 12.2. The molecule has 0 aliphatic heterocycles. The number of hydrogen-bond acceptors (Lipinski definition) is 0. The maximum absolute atomic E-state index is 2.37. The van der Waals surface area contributed by atoms with Gasteiger partial charge in [-0.05, 0) is 98.2 Å². The van der Waals surface area contributed by atoms with Crippen molar-refractivity contribution in [3.8, 4) is 39.1 Å².